The molecule has 0 amide bonds. The van der Waals surface area contributed by atoms with Crippen molar-refractivity contribution in [3.8, 4) is 0 Å². The zero-order chi connectivity index (χ0) is 18.5. The lowest BCUT2D eigenvalue weighted by molar-refractivity contribution is 0.232. The molecule has 0 aromatic carbocycles. The first-order valence-electron chi connectivity index (χ1n) is 12.4. The zero-order valence-electron chi connectivity index (χ0n) is 18.2. The number of rotatable bonds is 12. The lowest BCUT2D eigenvalue weighted by atomic mass is 9.76. The van der Waals surface area contributed by atoms with Crippen molar-refractivity contribution >= 4 is 0 Å². The predicted octanol–water partition coefficient (Wildman–Crippen LogP) is 9.10. The molecule has 0 heterocycles. The van der Waals surface area contributed by atoms with Crippen LogP contribution in [-0.2, 0) is 0 Å². The van der Waals surface area contributed by atoms with Crippen LogP contribution in [0.15, 0.2) is 12.2 Å². The van der Waals surface area contributed by atoms with Crippen molar-refractivity contribution in [1.29, 1.82) is 0 Å². The van der Waals surface area contributed by atoms with Gasteiger partial charge in [-0.25, -0.2) is 0 Å². The number of hydrogen-bond donors (Lipinski definition) is 0. The van der Waals surface area contributed by atoms with E-state index in [4.69, 9.17) is 0 Å². The Morgan fingerprint density at radius 1 is 0.577 bits per heavy atom. The summed E-state index contributed by atoms with van der Waals surface area (Å²) in [7, 11) is 0. The molecular formula is C26H48. The first-order valence-corrected chi connectivity index (χ1v) is 12.4. The third-order valence-electron chi connectivity index (χ3n) is 7.60. The van der Waals surface area contributed by atoms with Crippen molar-refractivity contribution in [2.45, 2.75) is 129 Å². The van der Waals surface area contributed by atoms with Crippen LogP contribution in [0.2, 0.25) is 0 Å². The maximum atomic E-state index is 2.35. The molecule has 2 rings (SSSR count). The first-order chi connectivity index (χ1) is 12.8. The third-order valence-corrected chi connectivity index (χ3v) is 7.60. The van der Waals surface area contributed by atoms with Gasteiger partial charge in [0.25, 0.3) is 0 Å². The van der Waals surface area contributed by atoms with Gasteiger partial charge in [0, 0.05) is 0 Å². The normalized spacial score (nSPS) is 30.1. The smallest absolute Gasteiger partial charge is 0.0348 e. The van der Waals surface area contributed by atoms with Gasteiger partial charge in [-0.2, -0.15) is 0 Å². The van der Waals surface area contributed by atoms with Crippen molar-refractivity contribution in [2.24, 2.45) is 23.7 Å². The van der Waals surface area contributed by atoms with E-state index in [1.807, 2.05) is 0 Å². The van der Waals surface area contributed by atoms with Crippen LogP contribution in [0.25, 0.3) is 0 Å². The molecular weight excluding hydrogens is 312 g/mol. The van der Waals surface area contributed by atoms with Crippen molar-refractivity contribution in [2.75, 3.05) is 0 Å². The molecule has 0 heteroatoms. The largest absolute Gasteiger partial charge is 0.0917 e. The molecule has 152 valence electrons. The maximum absolute atomic E-state index is 2.35. The van der Waals surface area contributed by atoms with Gasteiger partial charge in [-0.1, -0.05) is 122 Å². The Bertz CT molecular complexity index is 339. The summed E-state index contributed by atoms with van der Waals surface area (Å²) in [6.45, 7) is 4.48. The summed E-state index contributed by atoms with van der Waals surface area (Å²) >= 11 is 0. The Kier molecular flexibility index (Phi) is 11.7. The second-order valence-electron chi connectivity index (χ2n) is 9.70. The average Bonchev–Trinajstić information content (AvgIpc) is 2.68. The van der Waals surface area contributed by atoms with E-state index in [9.17, 15) is 0 Å². The van der Waals surface area contributed by atoms with E-state index >= 15 is 0 Å². The molecule has 0 unspecified atom stereocenters. The fourth-order valence-electron chi connectivity index (χ4n) is 5.67. The fraction of sp³-hybridized carbons (Fsp3) is 0.923. The second kappa shape index (κ2) is 13.8. The van der Waals surface area contributed by atoms with Gasteiger partial charge in [0.2, 0.25) is 0 Å². The summed E-state index contributed by atoms with van der Waals surface area (Å²) in [5.74, 6) is 4.28. The van der Waals surface area contributed by atoms with E-state index < -0.39 is 0 Å². The molecule has 2 saturated carbocycles. The molecule has 2 aliphatic rings. The topological polar surface area (TPSA) is 0 Å². The number of unbranched alkanes of at least 4 members (excludes halogenated alkanes) is 3. The molecule has 0 N–H and O–H groups in total. The van der Waals surface area contributed by atoms with Gasteiger partial charge >= 0.3 is 0 Å². The van der Waals surface area contributed by atoms with Crippen LogP contribution in [0.3, 0.4) is 0 Å². The Balaban J connectivity index is 1.44. The molecule has 0 bridgehead atoms. The highest BCUT2D eigenvalue weighted by Crippen LogP contribution is 2.36. The van der Waals surface area contributed by atoms with Crippen molar-refractivity contribution in [3.05, 3.63) is 12.2 Å². The van der Waals surface area contributed by atoms with Gasteiger partial charge in [-0.15, -0.1) is 0 Å². The van der Waals surface area contributed by atoms with Crippen molar-refractivity contribution in [1.82, 2.24) is 0 Å². The van der Waals surface area contributed by atoms with Gasteiger partial charge in [0.15, 0.2) is 0 Å². The van der Waals surface area contributed by atoms with Crippen molar-refractivity contribution < 1.29 is 0 Å². The monoisotopic (exact) mass is 360 g/mol. The molecule has 0 spiro atoms. The summed E-state index contributed by atoms with van der Waals surface area (Å²) in [5, 5.41) is 0. The summed E-state index contributed by atoms with van der Waals surface area (Å²) < 4.78 is 0. The SMILES string of the molecule is C/C=C/CCC1CCC(CCCC[C@H]2CC[C@H](CCCCC)CC2)CC1. The zero-order valence-corrected chi connectivity index (χ0v) is 18.2. The lowest BCUT2D eigenvalue weighted by Crippen LogP contribution is -2.15. The van der Waals surface area contributed by atoms with E-state index in [1.54, 1.807) is 32.1 Å². The highest BCUT2D eigenvalue weighted by Gasteiger charge is 2.22. The summed E-state index contributed by atoms with van der Waals surface area (Å²) in [4.78, 5) is 0. The minimum atomic E-state index is 1.04. The molecule has 0 saturated heterocycles. The van der Waals surface area contributed by atoms with Gasteiger partial charge in [0.05, 0.1) is 0 Å². The standard InChI is InChI=1S/C26H48/c1-3-5-7-11-23-15-19-25(20-16-23)13-9-10-14-26-21-17-24(18-22-26)12-8-6-4-2/h3,5,23-26H,4,6-22H2,1-2H3/b5-3+/t23?,24-,25?,26-. The number of allylic oxidation sites excluding steroid dienone is 2. The van der Waals surface area contributed by atoms with Crippen LogP contribution < -0.4 is 0 Å². The average molecular weight is 361 g/mol. The Hall–Kier alpha value is -0.260. The van der Waals surface area contributed by atoms with Crippen molar-refractivity contribution in [3.63, 3.8) is 0 Å². The van der Waals surface area contributed by atoms with E-state index in [0.717, 1.165) is 23.7 Å². The quantitative estimate of drug-likeness (QED) is 0.240. The molecule has 0 aromatic heterocycles. The van der Waals surface area contributed by atoms with E-state index in [2.05, 4.69) is 26.0 Å². The Morgan fingerprint density at radius 3 is 1.35 bits per heavy atom. The van der Waals surface area contributed by atoms with Gasteiger partial charge in [0.1, 0.15) is 0 Å². The highest BCUT2D eigenvalue weighted by molar-refractivity contribution is 4.80. The Labute approximate surface area is 165 Å². The fourth-order valence-corrected chi connectivity index (χ4v) is 5.67. The van der Waals surface area contributed by atoms with Crippen LogP contribution in [0.4, 0.5) is 0 Å². The maximum Gasteiger partial charge on any atom is -0.0348 e. The lowest BCUT2D eigenvalue weighted by Gasteiger charge is -2.30. The molecule has 0 aliphatic heterocycles. The summed E-state index contributed by atoms with van der Waals surface area (Å²) in [6, 6.07) is 0. The van der Waals surface area contributed by atoms with Crippen LogP contribution >= 0.6 is 0 Å². The minimum absolute atomic E-state index is 1.04. The number of hydrogen-bond acceptors (Lipinski definition) is 0. The molecule has 2 aliphatic carbocycles. The van der Waals surface area contributed by atoms with E-state index in [1.165, 1.54) is 83.5 Å². The van der Waals surface area contributed by atoms with Crippen LogP contribution in [0, 0.1) is 23.7 Å². The third kappa shape index (κ3) is 9.09. The Morgan fingerprint density at radius 2 is 0.962 bits per heavy atom. The molecule has 2 fully saturated rings. The van der Waals surface area contributed by atoms with Gasteiger partial charge < -0.3 is 0 Å². The molecule has 0 atom stereocenters. The van der Waals surface area contributed by atoms with E-state index in [-0.39, 0.29) is 0 Å². The van der Waals surface area contributed by atoms with Crippen LogP contribution in [-0.4, -0.2) is 0 Å². The second-order valence-corrected chi connectivity index (χ2v) is 9.70. The predicted molar refractivity (Wildman–Crippen MR) is 118 cm³/mol. The highest BCUT2D eigenvalue weighted by atomic mass is 14.3. The van der Waals surface area contributed by atoms with Gasteiger partial charge in [-0.3, -0.25) is 0 Å². The molecule has 0 aromatic rings. The summed E-state index contributed by atoms with van der Waals surface area (Å²) in [5.41, 5.74) is 0. The molecule has 0 radical (unpaired) electrons. The van der Waals surface area contributed by atoms with Crippen LogP contribution in [0.1, 0.15) is 129 Å². The van der Waals surface area contributed by atoms with Crippen LogP contribution in [0.5, 0.6) is 0 Å². The molecule has 0 nitrogen and oxygen atoms in total. The summed E-state index contributed by atoms with van der Waals surface area (Å²) in [6.07, 6.45) is 31.6. The van der Waals surface area contributed by atoms with E-state index in [0.29, 0.717) is 0 Å². The minimum Gasteiger partial charge on any atom is -0.0917 e. The molecule has 26 heavy (non-hydrogen) atoms. The van der Waals surface area contributed by atoms with Gasteiger partial charge in [-0.05, 0) is 43.4 Å². The first kappa shape index (κ1) is 22.0.